The quantitative estimate of drug-likeness (QED) is 0.204. The summed E-state index contributed by atoms with van der Waals surface area (Å²) in [7, 11) is 0. The van der Waals surface area contributed by atoms with Crippen molar-refractivity contribution in [2.24, 2.45) is 0 Å². The van der Waals surface area contributed by atoms with Crippen LogP contribution in [0.3, 0.4) is 0 Å². The molecule has 0 aliphatic rings. The van der Waals surface area contributed by atoms with Gasteiger partial charge in [-0.25, -0.2) is 15.0 Å². The van der Waals surface area contributed by atoms with E-state index in [-0.39, 0.29) is 0 Å². The third-order valence-electron chi connectivity index (χ3n) is 8.48. The monoisotopic (exact) mass is 591 g/mol. The first-order valence-electron chi connectivity index (χ1n) is 15.0. The molecule has 9 rings (SSSR count). The molecule has 7 aromatic carbocycles. The van der Waals surface area contributed by atoms with Gasteiger partial charge in [0.05, 0.1) is 0 Å². The number of fused-ring (bicyclic) bond motifs is 5. The number of hydrogen-bond donors (Lipinski definition) is 0. The molecule has 3 nitrogen and oxygen atoms in total. The molecule has 0 N–H and O–H groups in total. The molecule has 210 valence electrons. The van der Waals surface area contributed by atoms with E-state index in [0.717, 1.165) is 27.6 Å². The number of thiophene rings is 1. The van der Waals surface area contributed by atoms with Crippen molar-refractivity contribution in [1.29, 1.82) is 0 Å². The van der Waals surface area contributed by atoms with Gasteiger partial charge in [0.15, 0.2) is 17.5 Å². The van der Waals surface area contributed by atoms with Gasteiger partial charge in [0.1, 0.15) is 0 Å². The molecule has 4 heteroatoms. The molecule has 0 aliphatic carbocycles. The molecule has 0 amide bonds. The molecule has 0 unspecified atom stereocenters. The second-order valence-corrected chi connectivity index (χ2v) is 12.3. The minimum atomic E-state index is 0.655. The average molecular weight is 592 g/mol. The highest BCUT2D eigenvalue weighted by molar-refractivity contribution is 7.26. The van der Waals surface area contributed by atoms with Crippen LogP contribution in [0, 0.1) is 0 Å². The molecule has 2 aromatic heterocycles. The molecule has 45 heavy (non-hydrogen) atoms. The minimum Gasteiger partial charge on any atom is -0.208 e. The summed E-state index contributed by atoms with van der Waals surface area (Å²) in [6, 6.07) is 53.3. The predicted molar refractivity (Wildman–Crippen MR) is 189 cm³/mol. The first-order chi connectivity index (χ1) is 22.3. The smallest absolute Gasteiger partial charge is 0.164 e. The van der Waals surface area contributed by atoms with Gasteiger partial charge < -0.3 is 0 Å². The van der Waals surface area contributed by atoms with Crippen LogP contribution >= 0.6 is 11.3 Å². The SMILES string of the molecule is c1ccc(-c2nc(-c3ccccc3)nc(-c3cc4ccccc4cc3-c3c4ccccc4cc4sc5ccccc5c34)n2)cc1. The van der Waals surface area contributed by atoms with Gasteiger partial charge in [-0.1, -0.05) is 127 Å². The van der Waals surface area contributed by atoms with Crippen molar-refractivity contribution >= 4 is 53.1 Å². The zero-order valence-corrected chi connectivity index (χ0v) is 25.0. The molecule has 0 atom stereocenters. The van der Waals surface area contributed by atoms with Gasteiger partial charge in [-0.15, -0.1) is 11.3 Å². The number of rotatable bonds is 4. The summed E-state index contributed by atoms with van der Waals surface area (Å²) in [5, 5.41) is 7.29. The van der Waals surface area contributed by atoms with E-state index >= 15 is 0 Å². The van der Waals surface area contributed by atoms with Crippen LogP contribution < -0.4 is 0 Å². The fourth-order valence-electron chi connectivity index (χ4n) is 6.39. The summed E-state index contributed by atoms with van der Waals surface area (Å²) in [4.78, 5) is 15.3. The van der Waals surface area contributed by atoms with E-state index in [2.05, 4.69) is 115 Å². The van der Waals surface area contributed by atoms with Crippen LogP contribution in [0.15, 0.2) is 152 Å². The highest BCUT2D eigenvalue weighted by Crippen LogP contribution is 2.47. The Bertz CT molecular complexity index is 2480. The fourth-order valence-corrected chi connectivity index (χ4v) is 7.55. The van der Waals surface area contributed by atoms with E-state index in [9.17, 15) is 0 Å². The molecule has 0 fully saturated rings. The lowest BCUT2D eigenvalue weighted by molar-refractivity contribution is 1.07. The van der Waals surface area contributed by atoms with Crippen LogP contribution in [0.25, 0.3) is 87.0 Å². The normalized spacial score (nSPS) is 11.6. The zero-order valence-electron chi connectivity index (χ0n) is 24.2. The molecule has 0 radical (unpaired) electrons. The fraction of sp³-hybridized carbons (Fsp3) is 0. The van der Waals surface area contributed by atoms with Crippen molar-refractivity contribution < 1.29 is 0 Å². The maximum Gasteiger partial charge on any atom is 0.164 e. The van der Waals surface area contributed by atoms with Crippen LogP contribution in [0.1, 0.15) is 0 Å². The highest BCUT2D eigenvalue weighted by atomic mass is 32.1. The Balaban J connectivity index is 1.43. The lowest BCUT2D eigenvalue weighted by atomic mass is 9.88. The molecular weight excluding hydrogens is 567 g/mol. The largest absolute Gasteiger partial charge is 0.208 e. The van der Waals surface area contributed by atoms with Gasteiger partial charge in [0.2, 0.25) is 0 Å². The van der Waals surface area contributed by atoms with Crippen LogP contribution in [0.4, 0.5) is 0 Å². The summed E-state index contributed by atoms with van der Waals surface area (Å²) < 4.78 is 2.55. The summed E-state index contributed by atoms with van der Waals surface area (Å²) in [5.74, 6) is 1.97. The van der Waals surface area contributed by atoms with Crippen LogP contribution in [0.2, 0.25) is 0 Å². The predicted octanol–water partition coefficient (Wildman–Crippen LogP) is 11.2. The van der Waals surface area contributed by atoms with Crippen molar-refractivity contribution in [3.8, 4) is 45.3 Å². The zero-order chi connectivity index (χ0) is 29.7. The van der Waals surface area contributed by atoms with Gasteiger partial charge in [-0.05, 0) is 56.9 Å². The maximum atomic E-state index is 5.18. The highest BCUT2D eigenvalue weighted by Gasteiger charge is 2.21. The summed E-state index contributed by atoms with van der Waals surface area (Å²) in [6.45, 7) is 0. The van der Waals surface area contributed by atoms with Crippen molar-refractivity contribution in [3.05, 3.63) is 152 Å². The Morgan fingerprint density at radius 2 is 0.889 bits per heavy atom. The Morgan fingerprint density at radius 1 is 0.378 bits per heavy atom. The first kappa shape index (κ1) is 25.8. The average Bonchev–Trinajstić information content (AvgIpc) is 3.48. The molecule has 9 aromatic rings. The van der Waals surface area contributed by atoms with Crippen LogP contribution in [-0.4, -0.2) is 15.0 Å². The molecule has 0 saturated carbocycles. The molecule has 0 bridgehead atoms. The first-order valence-corrected chi connectivity index (χ1v) is 15.9. The van der Waals surface area contributed by atoms with Gasteiger partial charge in [0, 0.05) is 36.9 Å². The Hall–Kier alpha value is -5.71. The Morgan fingerprint density at radius 3 is 1.56 bits per heavy atom. The number of nitrogens with zero attached hydrogens (tertiary/aromatic N) is 3. The number of hydrogen-bond acceptors (Lipinski definition) is 4. The number of benzene rings is 7. The molecule has 2 heterocycles. The van der Waals surface area contributed by atoms with E-state index in [4.69, 9.17) is 15.0 Å². The van der Waals surface area contributed by atoms with E-state index in [1.54, 1.807) is 0 Å². The third kappa shape index (κ3) is 4.38. The molecule has 0 aliphatic heterocycles. The second-order valence-electron chi connectivity index (χ2n) is 11.2. The summed E-state index contributed by atoms with van der Waals surface area (Å²) >= 11 is 1.85. The van der Waals surface area contributed by atoms with E-state index in [1.807, 2.05) is 47.7 Å². The van der Waals surface area contributed by atoms with Gasteiger partial charge >= 0.3 is 0 Å². The van der Waals surface area contributed by atoms with Crippen molar-refractivity contribution in [2.45, 2.75) is 0 Å². The standard InChI is InChI=1S/C41H25N3S/c1-3-13-26(14-4-1)39-42-40(27-15-5-2-6-16-27)44-41(43-39)34-24-29-18-8-7-17-28(29)23-33(34)37-31-20-10-9-19-30(31)25-36-38(37)32-21-11-12-22-35(32)45-36/h1-25H. The van der Waals surface area contributed by atoms with E-state index in [0.29, 0.717) is 17.5 Å². The van der Waals surface area contributed by atoms with Crippen molar-refractivity contribution in [3.63, 3.8) is 0 Å². The van der Waals surface area contributed by atoms with Crippen LogP contribution in [0.5, 0.6) is 0 Å². The van der Waals surface area contributed by atoms with E-state index < -0.39 is 0 Å². The Labute approximate surface area is 264 Å². The molecule has 0 spiro atoms. The van der Waals surface area contributed by atoms with E-state index in [1.165, 1.54) is 41.9 Å². The lowest BCUT2D eigenvalue weighted by Crippen LogP contribution is -2.01. The van der Waals surface area contributed by atoms with Gasteiger partial charge in [0.25, 0.3) is 0 Å². The van der Waals surface area contributed by atoms with Crippen molar-refractivity contribution in [1.82, 2.24) is 15.0 Å². The second kappa shape index (κ2) is 10.5. The van der Waals surface area contributed by atoms with Crippen molar-refractivity contribution in [2.75, 3.05) is 0 Å². The topological polar surface area (TPSA) is 38.7 Å². The lowest BCUT2D eigenvalue weighted by Gasteiger charge is -2.16. The summed E-state index contributed by atoms with van der Waals surface area (Å²) in [5.41, 5.74) is 5.22. The van der Waals surface area contributed by atoms with Gasteiger partial charge in [-0.2, -0.15) is 0 Å². The molecule has 0 saturated heterocycles. The summed E-state index contributed by atoms with van der Waals surface area (Å²) in [6.07, 6.45) is 0. The molecular formula is C41H25N3S. The van der Waals surface area contributed by atoms with Gasteiger partial charge in [-0.3, -0.25) is 0 Å². The van der Waals surface area contributed by atoms with Crippen LogP contribution in [-0.2, 0) is 0 Å². The minimum absolute atomic E-state index is 0.655. The Kier molecular flexibility index (Phi) is 6.00. The number of aromatic nitrogens is 3. The maximum absolute atomic E-state index is 5.18. The third-order valence-corrected chi connectivity index (χ3v) is 9.60.